The van der Waals surface area contributed by atoms with E-state index in [0.717, 1.165) is 18.4 Å². The first-order valence-corrected chi connectivity index (χ1v) is 9.06. The van der Waals surface area contributed by atoms with Gasteiger partial charge in [0.25, 0.3) is 0 Å². The Bertz CT molecular complexity index is 327. The first-order chi connectivity index (χ1) is 10.3. The highest BCUT2D eigenvalue weighted by molar-refractivity contribution is 14.0. The van der Waals surface area contributed by atoms with Gasteiger partial charge in [-0.2, -0.15) is 0 Å². The van der Waals surface area contributed by atoms with E-state index in [4.69, 9.17) is 0 Å². The Morgan fingerprint density at radius 1 is 1.09 bits per heavy atom. The molecule has 5 heteroatoms. The van der Waals surface area contributed by atoms with Gasteiger partial charge in [-0.05, 0) is 51.5 Å². The standard InChI is InChI=1S/C17H34N4.HI/c1-4-7-14-13-16(14)20-17(18-6-3)19-15-8-11-21(10-5-2)12-9-15;/h14-16H,4-13H2,1-3H3,(H2,18,19,20);1H. The van der Waals surface area contributed by atoms with Gasteiger partial charge >= 0.3 is 0 Å². The molecule has 2 N–H and O–H groups in total. The molecule has 0 aromatic carbocycles. The van der Waals surface area contributed by atoms with Crippen molar-refractivity contribution in [1.82, 2.24) is 15.5 Å². The maximum Gasteiger partial charge on any atom is 0.191 e. The first kappa shape index (κ1) is 20.0. The Morgan fingerprint density at radius 2 is 1.82 bits per heavy atom. The van der Waals surface area contributed by atoms with Gasteiger partial charge in [0.2, 0.25) is 0 Å². The molecule has 0 spiro atoms. The minimum absolute atomic E-state index is 0. The van der Waals surface area contributed by atoms with Gasteiger partial charge in [0.1, 0.15) is 0 Å². The third-order valence-corrected chi connectivity index (χ3v) is 4.69. The highest BCUT2D eigenvalue weighted by atomic mass is 127. The van der Waals surface area contributed by atoms with Gasteiger partial charge in [-0.15, -0.1) is 24.0 Å². The van der Waals surface area contributed by atoms with Crippen molar-refractivity contribution >= 4 is 29.9 Å². The zero-order valence-electron chi connectivity index (χ0n) is 14.6. The average molecular weight is 422 g/mol. The molecular weight excluding hydrogens is 387 g/mol. The molecule has 2 atom stereocenters. The van der Waals surface area contributed by atoms with Crippen molar-refractivity contribution in [2.24, 2.45) is 10.9 Å². The molecule has 1 aliphatic carbocycles. The molecule has 1 aliphatic heterocycles. The van der Waals surface area contributed by atoms with Gasteiger partial charge in [-0.3, -0.25) is 4.99 Å². The van der Waals surface area contributed by atoms with E-state index in [0.29, 0.717) is 12.1 Å². The maximum atomic E-state index is 4.63. The van der Waals surface area contributed by atoms with Crippen LogP contribution >= 0.6 is 24.0 Å². The smallest absolute Gasteiger partial charge is 0.191 e. The zero-order chi connectivity index (χ0) is 15.1. The molecule has 0 aromatic rings. The van der Waals surface area contributed by atoms with Gasteiger partial charge in [-0.25, -0.2) is 0 Å². The van der Waals surface area contributed by atoms with Crippen LogP contribution in [-0.4, -0.2) is 49.1 Å². The Kier molecular flexibility index (Phi) is 9.71. The monoisotopic (exact) mass is 422 g/mol. The fourth-order valence-electron chi connectivity index (χ4n) is 3.39. The second-order valence-corrected chi connectivity index (χ2v) is 6.62. The topological polar surface area (TPSA) is 39.7 Å². The molecule has 4 nitrogen and oxygen atoms in total. The van der Waals surface area contributed by atoms with E-state index in [-0.39, 0.29) is 24.0 Å². The van der Waals surface area contributed by atoms with Crippen LogP contribution in [0.3, 0.4) is 0 Å². The summed E-state index contributed by atoms with van der Waals surface area (Å²) in [5, 5.41) is 7.30. The summed E-state index contributed by atoms with van der Waals surface area (Å²) in [6, 6.07) is 1.27. The minimum Gasteiger partial charge on any atom is -0.354 e. The fourth-order valence-corrected chi connectivity index (χ4v) is 3.39. The number of nitrogens with one attached hydrogen (secondary N) is 2. The largest absolute Gasteiger partial charge is 0.354 e. The lowest BCUT2D eigenvalue weighted by Crippen LogP contribution is -2.49. The number of nitrogens with zero attached hydrogens (tertiary/aromatic N) is 2. The lowest BCUT2D eigenvalue weighted by Gasteiger charge is -2.33. The van der Waals surface area contributed by atoms with Crippen LogP contribution in [-0.2, 0) is 0 Å². The normalized spacial score (nSPS) is 26.4. The van der Waals surface area contributed by atoms with E-state index in [9.17, 15) is 0 Å². The SMILES string of the molecule is CCCC1CC1NC(=NCC)NC1CCN(CCC)CC1.I. The molecule has 2 fully saturated rings. The van der Waals surface area contributed by atoms with Crippen molar-refractivity contribution in [3.8, 4) is 0 Å². The first-order valence-electron chi connectivity index (χ1n) is 9.06. The predicted molar refractivity (Wildman–Crippen MR) is 106 cm³/mol. The molecule has 130 valence electrons. The van der Waals surface area contributed by atoms with E-state index >= 15 is 0 Å². The van der Waals surface area contributed by atoms with Crippen LogP contribution in [0.15, 0.2) is 4.99 Å². The van der Waals surface area contributed by atoms with Crippen molar-refractivity contribution in [1.29, 1.82) is 0 Å². The lowest BCUT2D eigenvalue weighted by molar-refractivity contribution is 0.206. The van der Waals surface area contributed by atoms with E-state index in [1.54, 1.807) is 0 Å². The number of rotatable bonds is 7. The second-order valence-electron chi connectivity index (χ2n) is 6.62. The molecule has 0 radical (unpaired) electrons. The van der Waals surface area contributed by atoms with Crippen molar-refractivity contribution in [3.05, 3.63) is 0 Å². The fraction of sp³-hybridized carbons (Fsp3) is 0.941. The van der Waals surface area contributed by atoms with Gasteiger partial charge in [0.05, 0.1) is 0 Å². The molecule has 0 aromatic heterocycles. The van der Waals surface area contributed by atoms with Crippen molar-refractivity contribution in [2.45, 2.75) is 71.4 Å². The van der Waals surface area contributed by atoms with Crippen LogP contribution in [0.1, 0.15) is 59.3 Å². The Hall–Kier alpha value is -0.0400. The number of piperidine rings is 1. The second kappa shape index (κ2) is 10.7. The minimum atomic E-state index is 0. The van der Waals surface area contributed by atoms with Crippen LogP contribution in [0.5, 0.6) is 0 Å². The maximum absolute atomic E-state index is 4.63. The summed E-state index contributed by atoms with van der Waals surface area (Å²) in [4.78, 5) is 7.21. The summed E-state index contributed by atoms with van der Waals surface area (Å²) in [6.07, 6.45) is 7.73. The number of hydrogen-bond acceptors (Lipinski definition) is 2. The summed E-state index contributed by atoms with van der Waals surface area (Å²) < 4.78 is 0. The van der Waals surface area contributed by atoms with E-state index in [1.807, 2.05) is 0 Å². The molecule has 2 rings (SSSR count). The van der Waals surface area contributed by atoms with E-state index in [2.05, 4.69) is 41.3 Å². The highest BCUT2D eigenvalue weighted by Crippen LogP contribution is 2.34. The highest BCUT2D eigenvalue weighted by Gasteiger charge is 2.36. The molecule has 2 aliphatic rings. The molecule has 0 amide bonds. The number of hydrogen-bond donors (Lipinski definition) is 2. The molecule has 2 unspecified atom stereocenters. The quantitative estimate of drug-likeness (QED) is 0.376. The Morgan fingerprint density at radius 3 is 2.41 bits per heavy atom. The van der Waals surface area contributed by atoms with Crippen molar-refractivity contribution in [3.63, 3.8) is 0 Å². The van der Waals surface area contributed by atoms with Crippen LogP contribution in [0, 0.1) is 5.92 Å². The van der Waals surface area contributed by atoms with Gasteiger partial charge in [-0.1, -0.05) is 20.3 Å². The summed E-state index contributed by atoms with van der Waals surface area (Å²) in [5.74, 6) is 1.93. The van der Waals surface area contributed by atoms with Crippen molar-refractivity contribution in [2.75, 3.05) is 26.2 Å². The zero-order valence-corrected chi connectivity index (χ0v) is 16.9. The summed E-state index contributed by atoms with van der Waals surface area (Å²) in [6.45, 7) is 11.2. The molecule has 0 bridgehead atoms. The predicted octanol–water partition coefficient (Wildman–Crippen LogP) is 3.22. The molecule has 1 heterocycles. The van der Waals surface area contributed by atoms with Crippen LogP contribution < -0.4 is 10.6 Å². The molecule has 22 heavy (non-hydrogen) atoms. The Labute approximate surface area is 153 Å². The van der Waals surface area contributed by atoms with Crippen LogP contribution in [0.4, 0.5) is 0 Å². The molecule has 1 saturated heterocycles. The number of likely N-dealkylation sites (tertiary alicyclic amines) is 1. The third kappa shape index (κ3) is 6.60. The summed E-state index contributed by atoms with van der Waals surface area (Å²) >= 11 is 0. The number of halogens is 1. The van der Waals surface area contributed by atoms with E-state index in [1.165, 1.54) is 58.2 Å². The van der Waals surface area contributed by atoms with E-state index < -0.39 is 0 Å². The van der Waals surface area contributed by atoms with Crippen LogP contribution in [0.25, 0.3) is 0 Å². The Balaban J connectivity index is 0.00000242. The summed E-state index contributed by atoms with van der Waals surface area (Å²) in [7, 11) is 0. The molecular formula is C17H35IN4. The van der Waals surface area contributed by atoms with Crippen molar-refractivity contribution < 1.29 is 0 Å². The number of guanidine groups is 1. The molecule has 1 saturated carbocycles. The van der Waals surface area contributed by atoms with Crippen LogP contribution in [0.2, 0.25) is 0 Å². The number of aliphatic imine (C=N–C) groups is 1. The third-order valence-electron chi connectivity index (χ3n) is 4.69. The van der Waals surface area contributed by atoms with Gasteiger partial charge in [0.15, 0.2) is 5.96 Å². The van der Waals surface area contributed by atoms with Gasteiger partial charge in [0, 0.05) is 31.7 Å². The summed E-state index contributed by atoms with van der Waals surface area (Å²) in [5.41, 5.74) is 0. The average Bonchev–Trinajstić information content (AvgIpc) is 3.20. The van der Waals surface area contributed by atoms with Gasteiger partial charge < -0.3 is 15.5 Å². The lowest BCUT2D eigenvalue weighted by atomic mass is 10.1.